The molecule has 3 aromatic rings. The van der Waals surface area contributed by atoms with Crippen molar-refractivity contribution in [3.63, 3.8) is 0 Å². The van der Waals surface area contributed by atoms with Crippen LogP contribution in [-0.2, 0) is 6.61 Å². The van der Waals surface area contributed by atoms with Gasteiger partial charge in [-0.1, -0.05) is 11.2 Å². The quantitative estimate of drug-likeness (QED) is 0.761. The van der Waals surface area contributed by atoms with Gasteiger partial charge in [0.2, 0.25) is 0 Å². The SMILES string of the molecule is COc1cccc(-c2noc(-c3cc(F)cc(F)c3)c2CO)c1OC. The first-order valence-electron chi connectivity index (χ1n) is 7.36. The lowest BCUT2D eigenvalue weighted by Gasteiger charge is -2.11. The molecule has 0 unspecified atom stereocenters. The molecule has 0 spiro atoms. The van der Waals surface area contributed by atoms with E-state index in [0.717, 1.165) is 18.2 Å². The first-order chi connectivity index (χ1) is 12.1. The maximum Gasteiger partial charge on any atom is 0.173 e. The number of aliphatic hydroxyl groups is 1. The van der Waals surface area contributed by atoms with E-state index < -0.39 is 18.2 Å². The fraction of sp³-hybridized carbons (Fsp3) is 0.167. The van der Waals surface area contributed by atoms with Crippen molar-refractivity contribution in [2.75, 3.05) is 14.2 Å². The molecule has 7 heteroatoms. The summed E-state index contributed by atoms with van der Waals surface area (Å²) in [4.78, 5) is 0. The average Bonchev–Trinajstić information content (AvgIpc) is 3.03. The van der Waals surface area contributed by atoms with Crippen LogP contribution in [0.25, 0.3) is 22.6 Å². The summed E-state index contributed by atoms with van der Waals surface area (Å²) < 4.78 is 42.9. The predicted octanol–water partition coefficient (Wildman–Crippen LogP) is 3.80. The van der Waals surface area contributed by atoms with Crippen LogP contribution in [0.5, 0.6) is 11.5 Å². The Labute approximate surface area is 142 Å². The molecular formula is C18H15F2NO4. The molecule has 1 aromatic heterocycles. The van der Waals surface area contributed by atoms with Crippen LogP contribution in [0.15, 0.2) is 40.9 Å². The molecule has 0 aliphatic heterocycles. The van der Waals surface area contributed by atoms with Gasteiger partial charge < -0.3 is 19.1 Å². The minimum absolute atomic E-state index is 0.0840. The van der Waals surface area contributed by atoms with Gasteiger partial charge >= 0.3 is 0 Å². The summed E-state index contributed by atoms with van der Waals surface area (Å²) >= 11 is 0. The molecule has 0 amide bonds. The molecule has 0 aliphatic rings. The van der Waals surface area contributed by atoms with Crippen molar-refractivity contribution in [3.05, 3.63) is 53.6 Å². The Kier molecular flexibility index (Phi) is 4.67. The van der Waals surface area contributed by atoms with Crippen LogP contribution in [0.1, 0.15) is 5.56 Å². The smallest absolute Gasteiger partial charge is 0.173 e. The number of benzene rings is 2. The molecule has 3 rings (SSSR count). The molecule has 25 heavy (non-hydrogen) atoms. The summed E-state index contributed by atoms with van der Waals surface area (Å²) in [6.07, 6.45) is 0. The first-order valence-corrected chi connectivity index (χ1v) is 7.36. The fourth-order valence-electron chi connectivity index (χ4n) is 2.65. The van der Waals surface area contributed by atoms with Crippen molar-refractivity contribution < 1.29 is 27.9 Å². The lowest BCUT2D eigenvalue weighted by atomic mass is 10.0. The minimum atomic E-state index is -0.754. The van der Waals surface area contributed by atoms with Crippen LogP contribution < -0.4 is 9.47 Å². The molecule has 130 valence electrons. The maximum atomic E-state index is 13.5. The summed E-state index contributed by atoms with van der Waals surface area (Å²) in [7, 11) is 2.97. The highest BCUT2D eigenvalue weighted by Crippen LogP contribution is 2.41. The average molecular weight is 347 g/mol. The molecule has 0 radical (unpaired) electrons. The lowest BCUT2D eigenvalue weighted by Crippen LogP contribution is -1.96. The van der Waals surface area contributed by atoms with E-state index in [4.69, 9.17) is 14.0 Å². The van der Waals surface area contributed by atoms with Gasteiger partial charge in [-0.2, -0.15) is 0 Å². The van der Waals surface area contributed by atoms with Gasteiger partial charge in [0.1, 0.15) is 17.3 Å². The largest absolute Gasteiger partial charge is 0.493 e. The third-order valence-electron chi connectivity index (χ3n) is 3.73. The Morgan fingerprint density at radius 1 is 1.08 bits per heavy atom. The second kappa shape index (κ2) is 6.90. The van der Waals surface area contributed by atoms with Crippen LogP contribution in [0.2, 0.25) is 0 Å². The van der Waals surface area contributed by atoms with Crippen molar-refractivity contribution in [3.8, 4) is 34.1 Å². The third kappa shape index (κ3) is 3.06. The van der Waals surface area contributed by atoms with E-state index in [2.05, 4.69) is 5.16 Å². The summed E-state index contributed by atoms with van der Waals surface area (Å²) in [5.74, 6) is -0.539. The van der Waals surface area contributed by atoms with Crippen LogP contribution in [0.3, 0.4) is 0 Å². The highest BCUT2D eigenvalue weighted by atomic mass is 19.1. The van der Waals surface area contributed by atoms with Gasteiger partial charge in [0.25, 0.3) is 0 Å². The first kappa shape index (κ1) is 16.9. The van der Waals surface area contributed by atoms with Gasteiger partial charge in [-0.05, 0) is 24.3 Å². The molecule has 0 aliphatic carbocycles. The number of aromatic nitrogens is 1. The van der Waals surface area contributed by atoms with E-state index in [1.807, 2.05) is 0 Å². The number of hydrogen-bond acceptors (Lipinski definition) is 5. The van der Waals surface area contributed by atoms with Gasteiger partial charge in [0.05, 0.1) is 32.0 Å². The molecule has 1 N–H and O–H groups in total. The molecule has 2 aromatic carbocycles. The monoisotopic (exact) mass is 347 g/mol. The Morgan fingerprint density at radius 2 is 1.80 bits per heavy atom. The van der Waals surface area contributed by atoms with Crippen molar-refractivity contribution in [2.24, 2.45) is 0 Å². The van der Waals surface area contributed by atoms with Crippen molar-refractivity contribution in [2.45, 2.75) is 6.61 Å². The molecule has 5 nitrogen and oxygen atoms in total. The minimum Gasteiger partial charge on any atom is -0.493 e. The fourth-order valence-corrected chi connectivity index (χ4v) is 2.65. The number of rotatable bonds is 5. The zero-order valence-electron chi connectivity index (χ0n) is 13.5. The molecule has 0 saturated heterocycles. The van der Waals surface area contributed by atoms with E-state index in [-0.39, 0.29) is 16.9 Å². The van der Waals surface area contributed by atoms with E-state index in [1.165, 1.54) is 14.2 Å². The van der Waals surface area contributed by atoms with E-state index in [9.17, 15) is 13.9 Å². The maximum absolute atomic E-state index is 13.5. The zero-order chi connectivity index (χ0) is 18.0. The Balaban J connectivity index is 2.19. The van der Waals surface area contributed by atoms with Crippen molar-refractivity contribution >= 4 is 0 Å². The van der Waals surface area contributed by atoms with Gasteiger partial charge in [-0.3, -0.25) is 0 Å². The number of para-hydroxylation sites is 1. The van der Waals surface area contributed by atoms with E-state index in [1.54, 1.807) is 18.2 Å². The third-order valence-corrected chi connectivity index (χ3v) is 3.73. The second-order valence-corrected chi connectivity index (χ2v) is 5.20. The van der Waals surface area contributed by atoms with Crippen molar-refractivity contribution in [1.29, 1.82) is 0 Å². The summed E-state index contributed by atoms with van der Waals surface area (Å²) in [5, 5.41) is 13.7. The summed E-state index contributed by atoms with van der Waals surface area (Å²) in [6, 6.07) is 8.13. The van der Waals surface area contributed by atoms with Gasteiger partial charge in [-0.15, -0.1) is 0 Å². The van der Waals surface area contributed by atoms with Crippen molar-refractivity contribution in [1.82, 2.24) is 5.16 Å². The topological polar surface area (TPSA) is 64.7 Å². The Hall–Kier alpha value is -2.93. The number of hydrogen-bond donors (Lipinski definition) is 1. The Bertz CT molecular complexity index is 888. The Morgan fingerprint density at radius 3 is 2.40 bits per heavy atom. The highest BCUT2D eigenvalue weighted by Gasteiger charge is 2.23. The molecule has 0 atom stereocenters. The predicted molar refractivity (Wildman–Crippen MR) is 86.3 cm³/mol. The molecule has 0 saturated carbocycles. The summed E-state index contributed by atoms with van der Waals surface area (Å²) in [5.41, 5.74) is 1.26. The molecule has 0 fully saturated rings. The number of halogens is 2. The van der Waals surface area contributed by atoms with Gasteiger partial charge in [0, 0.05) is 11.6 Å². The highest BCUT2D eigenvalue weighted by molar-refractivity contribution is 5.78. The number of methoxy groups -OCH3 is 2. The normalized spacial score (nSPS) is 10.8. The van der Waals surface area contributed by atoms with Crippen LogP contribution >= 0.6 is 0 Å². The van der Waals surface area contributed by atoms with E-state index in [0.29, 0.717) is 22.8 Å². The molecule has 0 bridgehead atoms. The van der Waals surface area contributed by atoms with E-state index >= 15 is 0 Å². The van der Waals surface area contributed by atoms with Crippen LogP contribution in [-0.4, -0.2) is 24.5 Å². The number of ether oxygens (including phenoxy) is 2. The van der Waals surface area contributed by atoms with Crippen LogP contribution in [0, 0.1) is 11.6 Å². The lowest BCUT2D eigenvalue weighted by molar-refractivity contribution is 0.281. The zero-order valence-corrected chi connectivity index (χ0v) is 13.5. The summed E-state index contributed by atoms with van der Waals surface area (Å²) in [6.45, 7) is -0.438. The second-order valence-electron chi connectivity index (χ2n) is 5.20. The van der Waals surface area contributed by atoms with Crippen LogP contribution in [0.4, 0.5) is 8.78 Å². The standard InChI is InChI=1S/C18H15F2NO4/c1-23-15-5-3-4-13(18(15)24-2)16-14(9-22)17(25-21-16)10-6-11(19)8-12(20)7-10/h3-8,22H,9H2,1-2H3. The van der Waals surface area contributed by atoms with Gasteiger partial charge in [-0.25, -0.2) is 8.78 Å². The molecule has 1 heterocycles. The number of nitrogens with zero attached hydrogens (tertiary/aromatic N) is 1. The molecular weight excluding hydrogens is 332 g/mol. The van der Waals surface area contributed by atoms with Gasteiger partial charge in [0.15, 0.2) is 17.3 Å². The number of aliphatic hydroxyl groups excluding tert-OH is 1.